The maximum atomic E-state index is 11.1. The minimum atomic E-state index is -5.43. The number of carbonyl (C=O) groups excluding carboxylic acids is 1. The van der Waals surface area contributed by atoms with E-state index in [0.717, 1.165) is 5.57 Å². The van der Waals surface area contributed by atoms with Gasteiger partial charge in [0, 0.05) is 17.5 Å². The molecular weight excluding hydrogens is 424 g/mol. The number of phenols is 1. The van der Waals surface area contributed by atoms with E-state index in [-0.39, 0.29) is 94.4 Å². The Labute approximate surface area is 227 Å². The second-order valence-electron chi connectivity index (χ2n) is 4.97. The maximum Gasteiger partial charge on any atom is 1.00 e. The van der Waals surface area contributed by atoms with Gasteiger partial charge in [-0.1, -0.05) is 5.57 Å². The Morgan fingerprint density at radius 3 is 2.21 bits per heavy atom. The quantitative estimate of drug-likeness (QED) is 0.211. The molecule has 1 N–H and O–H groups in total. The molecule has 2 aromatic rings. The van der Waals surface area contributed by atoms with E-state index in [1.54, 1.807) is 6.07 Å². The molecule has 136 valence electrons. The fourth-order valence-corrected chi connectivity index (χ4v) is 1.50. The van der Waals surface area contributed by atoms with Crippen molar-refractivity contribution >= 4 is 24.3 Å². The van der Waals surface area contributed by atoms with Crippen LogP contribution in [0.25, 0.3) is 11.0 Å². The van der Waals surface area contributed by atoms with Crippen LogP contribution in [0.5, 0.6) is 11.5 Å². The Balaban J connectivity index is -0.000000546. The first-order valence-electron chi connectivity index (χ1n) is 6.77. The third kappa shape index (κ3) is 12.2. The van der Waals surface area contributed by atoms with Crippen LogP contribution in [0.3, 0.4) is 0 Å². The van der Waals surface area contributed by atoms with Gasteiger partial charge in [-0.05, 0) is 39.7 Å². The van der Waals surface area contributed by atoms with Crippen molar-refractivity contribution in [3.8, 4) is 11.5 Å². The summed E-state index contributed by atoms with van der Waals surface area (Å²) in [7, 11) is -5.43. The normalized spacial score (nSPS) is 9.43. The van der Waals surface area contributed by atoms with Gasteiger partial charge in [0.15, 0.2) is 11.5 Å². The Hall–Kier alpha value is 0.390. The van der Waals surface area contributed by atoms with Crippen molar-refractivity contribution in [3.05, 3.63) is 46.3 Å². The minimum Gasteiger partial charge on any atom is -0.807 e. The predicted molar refractivity (Wildman–Crippen MR) is 82.1 cm³/mol. The number of carbonyl (C=O) groups is 1. The molecule has 0 unspecified atom stereocenters. The molecular formula is C15H14Na3O9P. The fourth-order valence-electron chi connectivity index (χ4n) is 1.50. The molecule has 0 aliphatic rings. The number of allylic oxidation sites excluding steroid dienone is 1. The fraction of sp³-hybridized carbons (Fsp3) is 0.200. The molecule has 0 atom stereocenters. The molecule has 1 aromatic heterocycles. The molecule has 0 saturated carbocycles. The predicted octanol–water partition coefficient (Wildman–Crippen LogP) is -8.90. The number of phenolic OH excluding ortho intramolecular Hbond substituents is 1. The van der Waals surface area contributed by atoms with Crippen molar-refractivity contribution in [1.29, 1.82) is 0 Å². The second kappa shape index (κ2) is 15.2. The van der Waals surface area contributed by atoms with Crippen LogP contribution in [0.4, 0.5) is 4.79 Å². The number of hydrogen-bond donors (Lipinski definition) is 1. The van der Waals surface area contributed by atoms with Crippen LogP contribution < -0.4 is 114 Å². The number of rotatable bonds is 4. The zero-order valence-electron chi connectivity index (χ0n) is 16.3. The zero-order chi connectivity index (χ0) is 19.2. The first-order valence-corrected chi connectivity index (χ1v) is 8.31. The van der Waals surface area contributed by atoms with Gasteiger partial charge >= 0.3 is 94.3 Å². The summed E-state index contributed by atoms with van der Waals surface area (Å²) >= 11 is 0. The largest absolute Gasteiger partial charge is 1.00 e. The van der Waals surface area contributed by atoms with E-state index in [9.17, 15) is 9.90 Å². The zero-order valence-corrected chi connectivity index (χ0v) is 23.1. The summed E-state index contributed by atoms with van der Waals surface area (Å²) in [6.45, 7) is 4.28. The van der Waals surface area contributed by atoms with E-state index < -0.39 is 18.9 Å². The first kappa shape index (κ1) is 33.0. The molecule has 1 aromatic carbocycles. The van der Waals surface area contributed by atoms with Crippen molar-refractivity contribution < 1.29 is 127 Å². The monoisotopic (exact) mass is 438 g/mol. The van der Waals surface area contributed by atoms with Crippen LogP contribution >= 0.6 is 7.60 Å². The van der Waals surface area contributed by atoms with Gasteiger partial charge in [0.2, 0.25) is 0 Å². The van der Waals surface area contributed by atoms with E-state index in [0.29, 0.717) is 23.3 Å². The van der Waals surface area contributed by atoms with Gasteiger partial charge in [-0.25, -0.2) is 4.79 Å². The molecule has 1 heterocycles. The molecule has 0 aliphatic carbocycles. The van der Waals surface area contributed by atoms with Gasteiger partial charge in [-0.3, -0.25) is 0 Å². The van der Waals surface area contributed by atoms with Gasteiger partial charge in [0.05, 0.1) is 5.71 Å². The smallest absolute Gasteiger partial charge is 0.807 e. The average Bonchev–Trinajstić information content (AvgIpc) is 2.47. The van der Waals surface area contributed by atoms with E-state index in [4.69, 9.17) is 33.4 Å². The Morgan fingerprint density at radius 2 is 1.75 bits per heavy atom. The molecule has 28 heavy (non-hydrogen) atoms. The van der Waals surface area contributed by atoms with Crippen molar-refractivity contribution in [1.82, 2.24) is 0 Å². The number of carboxylic acid groups (broad SMARTS) is 1. The Morgan fingerprint density at radius 1 is 1.21 bits per heavy atom. The van der Waals surface area contributed by atoms with E-state index in [1.807, 2.05) is 19.9 Å². The van der Waals surface area contributed by atoms with Gasteiger partial charge in [-0.15, -0.1) is 0 Å². The third-order valence-corrected chi connectivity index (χ3v) is 3.10. The van der Waals surface area contributed by atoms with E-state index >= 15 is 0 Å². The molecule has 2 rings (SSSR count). The number of fused-ring (bicyclic) bond motifs is 1. The molecule has 0 spiro atoms. The molecule has 0 fully saturated rings. The summed E-state index contributed by atoms with van der Waals surface area (Å²) in [5.41, 5.74) is -1.47. The van der Waals surface area contributed by atoms with Crippen LogP contribution in [0, 0.1) is 0 Å². The van der Waals surface area contributed by atoms with Crippen molar-refractivity contribution in [2.24, 2.45) is 0 Å². The Bertz CT molecular complexity index is 901. The van der Waals surface area contributed by atoms with Crippen LogP contribution in [-0.2, 0) is 4.57 Å². The van der Waals surface area contributed by atoms with Crippen molar-refractivity contribution in [2.45, 2.75) is 13.8 Å². The SMILES string of the molecule is CC(C)=CCOc1cc2oc(=O)ccc2cc1O.O=C([O-])P(=O)([O-])[O-].[Na+].[Na+].[Na+]. The van der Waals surface area contributed by atoms with E-state index in [1.165, 1.54) is 18.2 Å². The van der Waals surface area contributed by atoms with Gasteiger partial charge in [0.1, 0.15) is 12.2 Å². The summed E-state index contributed by atoms with van der Waals surface area (Å²) in [6.07, 6.45) is 1.89. The van der Waals surface area contributed by atoms with Crippen molar-refractivity contribution in [3.63, 3.8) is 0 Å². The number of benzene rings is 1. The Kier molecular flexibility index (Phi) is 18.0. The number of aromatic hydroxyl groups is 1. The summed E-state index contributed by atoms with van der Waals surface area (Å²) in [5, 5.41) is 19.5. The molecule has 13 heteroatoms. The molecule has 0 amide bonds. The third-order valence-electron chi connectivity index (χ3n) is 2.65. The topological polar surface area (TPSA) is 163 Å². The standard InChI is InChI=1S/C14H14O4.CH3O5P.3Na/c1-9(2)5-6-17-13-8-12-10(7-11(13)15)3-4-14(16)18-12;2-1(3)7(4,5)6;;;/h3-5,7-8,15H,6H2,1-2H3;(H,2,3)(H2,4,5,6);;;/q;;3*+1/p-3. The molecule has 0 saturated heterocycles. The molecule has 0 bridgehead atoms. The number of hydrogen-bond acceptors (Lipinski definition) is 9. The van der Waals surface area contributed by atoms with Crippen molar-refractivity contribution in [2.75, 3.05) is 6.61 Å². The second-order valence-corrected chi connectivity index (χ2v) is 6.33. The van der Waals surface area contributed by atoms with Crippen LogP contribution in [0.2, 0.25) is 0 Å². The number of ether oxygens (including phenoxy) is 1. The molecule has 0 aliphatic heterocycles. The molecule has 0 radical (unpaired) electrons. The summed E-state index contributed by atoms with van der Waals surface area (Å²) in [5.74, 6) is 0.327. The van der Waals surface area contributed by atoms with E-state index in [2.05, 4.69) is 0 Å². The first-order chi connectivity index (χ1) is 11.5. The summed E-state index contributed by atoms with van der Waals surface area (Å²) < 4.78 is 19.6. The van der Waals surface area contributed by atoms with Crippen LogP contribution in [-0.4, -0.2) is 17.4 Å². The van der Waals surface area contributed by atoms with Crippen LogP contribution in [0.1, 0.15) is 13.8 Å². The summed E-state index contributed by atoms with van der Waals surface area (Å²) in [4.78, 5) is 38.4. The van der Waals surface area contributed by atoms with Crippen LogP contribution in [0.15, 0.2) is 45.1 Å². The average molecular weight is 438 g/mol. The summed E-state index contributed by atoms with van der Waals surface area (Å²) in [6, 6.07) is 5.94. The minimum absolute atomic E-state index is 0. The van der Waals surface area contributed by atoms with Gasteiger partial charge < -0.3 is 38.5 Å². The maximum absolute atomic E-state index is 11.1. The molecule has 9 nitrogen and oxygen atoms in total. The van der Waals surface area contributed by atoms with Gasteiger partial charge in [-0.2, -0.15) is 0 Å². The van der Waals surface area contributed by atoms with Gasteiger partial charge in [0.25, 0.3) is 0 Å².